The van der Waals surface area contributed by atoms with E-state index in [9.17, 15) is 9.59 Å². The molecule has 1 unspecified atom stereocenters. The number of imidazole rings is 1. The van der Waals surface area contributed by atoms with Crippen molar-refractivity contribution in [3.63, 3.8) is 0 Å². The summed E-state index contributed by atoms with van der Waals surface area (Å²) in [5.74, 6) is -1.19. The van der Waals surface area contributed by atoms with Crippen LogP contribution in [0.25, 0.3) is 0 Å². The number of carbonyl (C=O) groups excluding carboxylic acids is 1. The van der Waals surface area contributed by atoms with Crippen LogP contribution in [0.4, 0.5) is 5.69 Å². The Bertz CT molecular complexity index is 684. The van der Waals surface area contributed by atoms with Crippen molar-refractivity contribution in [2.45, 2.75) is 23.8 Å². The number of hydrogen-bond donors (Lipinski definition) is 2. The van der Waals surface area contributed by atoms with Crippen molar-refractivity contribution >= 4 is 29.3 Å². The maximum atomic E-state index is 12.3. The molecule has 22 heavy (non-hydrogen) atoms. The summed E-state index contributed by atoms with van der Waals surface area (Å²) in [5.41, 5.74) is 0.617. The van der Waals surface area contributed by atoms with E-state index in [-0.39, 0.29) is 16.7 Å². The Morgan fingerprint density at radius 2 is 2.23 bits per heavy atom. The van der Waals surface area contributed by atoms with Gasteiger partial charge in [0.05, 0.1) is 10.8 Å². The molecular formula is C15H17N3O3S. The first kappa shape index (κ1) is 16.1. The molecule has 7 heteroatoms. The summed E-state index contributed by atoms with van der Waals surface area (Å²) >= 11 is 1.38. The van der Waals surface area contributed by atoms with E-state index >= 15 is 0 Å². The molecule has 116 valence electrons. The van der Waals surface area contributed by atoms with Crippen LogP contribution in [0, 0.1) is 0 Å². The standard InChI is InChI=1S/C15H17N3O3S/c1-3-12(22-15-16-7-8-18(15)2)13(19)17-11-6-4-5-10(9-11)14(20)21/h4-9,12H,3H2,1-2H3,(H,17,19)(H,20,21). The van der Waals surface area contributed by atoms with Crippen LogP contribution in [0.2, 0.25) is 0 Å². The fraction of sp³-hybridized carbons (Fsp3) is 0.267. The molecule has 1 amide bonds. The number of aromatic carboxylic acids is 1. The predicted octanol–water partition coefficient (Wildman–Crippen LogP) is 2.63. The number of benzene rings is 1. The second kappa shape index (κ2) is 7.13. The number of thioether (sulfide) groups is 1. The number of anilines is 1. The monoisotopic (exact) mass is 319 g/mol. The number of nitrogens with one attached hydrogen (secondary N) is 1. The summed E-state index contributed by atoms with van der Waals surface area (Å²) in [6.45, 7) is 1.92. The molecule has 0 bridgehead atoms. The van der Waals surface area contributed by atoms with Crippen molar-refractivity contribution in [2.24, 2.45) is 7.05 Å². The Hall–Kier alpha value is -2.28. The molecular weight excluding hydrogens is 302 g/mol. The van der Waals surface area contributed by atoms with Crippen LogP contribution in [0.15, 0.2) is 41.8 Å². The lowest BCUT2D eigenvalue weighted by Gasteiger charge is -2.14. The number of carbonyl (C=O) groups is 2. The van der Waals surface area contributed by atoms with E-state index in [4.69, 9.17) is 5.11 Å². The topological polar surface area (TPSA) is 84.2 Å². The zero-order valence-corrected chi connectivity index (χ0v) is 13.1. The number of aromatic nitrogens is 2. The highest BCUT2D eigenvalue weighted by Crippen LogP contribution is 2.24. The van der Waals surface area contributed by atoms with Gasteiger partial charge >= 0.3 is 5.97 Å². The van der Waals surface area contributed by atoms with Crippen molar-refractivity contribution in [1.82, 2.24) is 9.55 Å². The highest BCUT2D eigenvalue weighted by Gasteiger charge is 2.20. The molecule has 0 aliphatic rings. The highest BCUT2D eigenvalue weighted by atomic mass is 32.2. The van der Waals surface area contributed by atoms with E-state index in [1.54, 1.807) is 18.3 Å². The molecule has 0 aliphatic carbocycles. The van der Waals surface area contributed by atoms with Crippen molar-refractivity contribution in [2.75, 3.05) is 5.32 Å². The van der Waals surface area contributed by atoms with Crippen LogP contribution in [-0.4, -0.2) is 31.8 Å². The van der Waals surface area contributed by atoms with Crippen LogP contribution in [0.1, 0.15) is 23.7 Å². The van der Waals surface area contributed by atoms with Gasteiger partial charge in [0.1, 0.15) is 0 Å². The SMILES string of the molecule is CCC(Sc1nccn1C)C(=O)Nc1cccc(C(=O)O)c1. The quantitative estimate of drug-likeness (QED) is 0.800. The Labute approximate surface area is 132 Å². The smallest absolute Gasteiger partial charge is 0.335 e. The average molecular weight is 319 g/mol. The normalized spacial score (nSPS) is 11.9. The maximum Gasteiger partial charge on any atom is 0.335 e. The van der Waals surface area contributed by atoms with Gasteiger partial charge in [-0.25, -0.2) is 9.78 Å². The van der Waals surface area contributed by atoms with Gasteiger partial charge in [0.15, 0.2) is 5.16 Å². The Morgan fingerprint density at radius 1 is 1.45 bits per heavy atom. The van der Waals surface area contributed by atoms with Gasteiger partial charge in [0, 0.05) is 25.1 Å². The van der Waals surface area contributed by atoms with E-state index < -0.39 is 5.97 Å². The van der Waals surface area contributed by atoms with Gasteiger partial charge in [0.25, 0.3) is 0 Å². The maximum absolute atomic E-state index is 12.3. The molecule has 0 fully saturated rings. The van der Waals surface area contributed by atoms with Gasteiger partial charge in [-0.3, -0.25) is 4.79 Å². The fourth-order valence-corrected chi connectivity index (χ4v) is 2.80. The third kappa shape index (κ3) is 3.88. The Kier molecular flexibility index (Phi) is 5.21. The van der Waals surface area contributed by atoms with Gasteiger partial charge in [-0.15, -0.1) is 0 Å². The number of carboxylic acids is 1. The largest absolute Gasteiger partial charge is 0.478 e. The molecule has 1 atom stereocenters. The average Bonchev–Trinajstić information content (AvgIpc) is 2.90. The summed E-state index contributed by atoms with van der Waals surface area (Å²) in [5, 5.41) is 12.2. The second-order valence-corrected chi connectivity index (χ2v) is 5.88. The van der Waals surface area contributed by atoms with Gasteiger partial charge in [-0.1, -0.05) is 24.8 Å². The molecule has 0 radical (unpaired) electrons. The Morgan fingerprint density at radius 3 is 2.82 bits per heavy atom. The minimum Gasteiger partial charge on any atom is -0.478 e. The molecule has 2 aromatic rings. The Balaban J connectivity index is 2.07. The van der Waals surface area contributed by atoms with Gasteiger partial charge in [0.2, 0.25) is 5.91 Å². The molecule has 2 rings (SSSR count). The number of hydrogen-bond acceptors (Lipinski definition) is 4. The lowest BCUT2D eigenvalue weighted by Crippen LogP contribution is -2.25. The number of carboxylic acid groups (broad SMARTS) is 1. The number of nitrogens with zero attached hydrogens (tertiary/aromatic N) is 2. The molecule has 1 heterocycles. The molecule has 0 saturated carbocycles. The summed E-state index contributed by atoms with van der Waals surface area (Å²) in [4.78, 5) is 27.5. The van der Waals surface area contributed by atoms with Crippen molar-refractivity contribution < 1.29 is 14.7 Å². The number of aryl methyl sites for hydroxylation is 1. The number of amides is 1. The van der Waals surface area contributed by atoms with E-state index in [0.717, 1.165) is 5.16 Å². The van der Waals surface area contributed by atoms with Crippen LogP contribution in [0.3, 0.4) is 0 Å². The lowest BCUT2D eigenvalue weighted by molar-refractivity contribution is -0.115. The van der Waals surface area contributed by atoms with Gasteiger partial charge in [-0.2, -0.15) is 0 Å². The molecule has 0 saturated heterocycles. The number of rotatable bonds is 6. The summed E-state index contributed by atoms with van der Waals surface area (Å²) < 4.78 is 1.85. The molecule has 0 spiro atoms. The third-order valence-corrected chi connectivity index (χ3v) is 4.50. The first-order chi connectivity index (χ1) is 10.5. The minimum atomic E-state index is -1.02. The van der Waals surface area contributed by atoms with E-state index in [0.29, 0.717) is 12.1 Å². The van der Waals surface area contributed by atoms with Crippen molar-refractivity contribution in [3.05, 3.63) is 42.2 Å². The molecule has 6 nitrogen and oxygen atoms in total. The highest BCUT2D eigenvalue weighted by molar-refractivity contribution is 8.00. The zero-order chi connectivity index (χ0) is 16.1. The first-order valence-electron chi connectivity index (χ1n) is 6.79. The lowest BCUT2D eigenvalue weighted by atomic mass is 10.2. The van der Waals surface area contributed by atoms with Crippen molar-refractivity contribution in [3.8, 4) is 0 Å². The summed E-state index contributed by atoms with van der Waals surface area (Å²) in [6.07, 6.45) is 4.15. The van der Waals surface area contributed by atoms with Crippen LogP contribution in [-0.2, 0) is 11.8 Å². The van der Waals surface area contributed by atoms with E-state index in [2.05, 4.69) is 10.3 Å². The van der Waals surface area contributed by atoms with Crippen LogP contribution in [0.5, 0.6) is 0 Å². The molecule has 1 aromatic carbocycles. The van der Waals surface area contributed by atoms with Gasteiger partial charge in [-0.05, 0) is 24.6 Å². The third-order valence-electron chi connectivity index (χ3n) is 3.06. The first-order valence-corrected chi connectivity index (χ1v) is 7.67. The second-order valence-electron chi connectivity index (χ2n) is 4.71. The summed E-state index contributed by atoms with van der Waals surface area (Å²) in [6, 6.07) is 6.20. The summed E-state index contributed by atoms with van der Waals surface area (Å²) in [7, 11) is 1.87. The molecule has 0 aliphatic heterocycles. The van der Waals surface area contributed by atoms with E-state index in [1.165, 1.54) is 23.9 Å². The van der Waals surface area contributed by atoms with Crippen molar-refractivity contribution in [1.29, 1.82) is 0 Å². The van der Waals surface area contributed by atoms with Gasteiger partial charge < -0.3 is 15.0 Å². The molecule has 1 aromatic heterocycles. The zero-order valence-electron chi connectivity index (χ0n) is 12.3. The predicted molar refractivity (Wildman–Crippen MR) is 85.2 cm³/mol. The van der Waals surface area contributed by atoms with Crippen LogP contribution >= 0.6 is 11.8 Å². The molecule has 2 N–H and O–H groups in total. The fourth-order valence-electron chi connectivity index (χ4n) is 1.87. The van der Waals surface area contributed by atoms with E-state index in [1.807, 2.05) is 24.7 Å². The minimum absolute atomic E-state index is 0.141. The van der Waals surface area contributed by atoms with Crippen LogP contribution < -0.4 is 5.32 Å².